The highest BCUT2D eigenvalue weighted by molar-refractivity contribution is 6.32. The predicted molar refractivity (Wildman–Crippen MR) is 117 cm³/mol. The molecule has 1 N–H and O–H groups in total. The second-order valence-corrected chi connectivity index (χ2v) is 8.43. The number of benzene rings is 2. The third-order valence-corrected chi connectivity index (χ3v) is 6.46. The molecule has 1 fully saturated rings. The fourth-order valence-electron chi connectivity index (χ4n) is 4.36. The third-order valence-electron chi connectivity index (χ3n) is 6.12. The summed E-state index contributed by atoms with van der Waals surface area (Å²) in [5.74, 6) is 0.279. The average Bonchev–Trinajstić information content (AvgIpc) is 3.06. The van der Waals surface area contributed by atoms with Crippen LogP contribution in [-0.4, -0.2) is 42.2 Å². The first-order valence-electron chi connectivity index (χ1n) is 10.2. The van der Waals surface area contributed by atoms with Crippen molar-refractivity contribution in [2.45, 2.75) is 31.1 Å². The summed E-state index contributed by atoms with van der Waals surface area (Å²) in [6.07, 6.45) is 7.18. The smallest absolute Gasteiger partial charge is 0.303 e. The highest BCUT2D eigenvalue weighted by Gasteiger charge is 2.42. The van der Waals surface area contributed by atoms with E-state index >= 15 is 0 Å². The highest BCUT2D eigenvalue weighted by atomic mass is 35.5. The van der Waals surface area contributed by atoms with Crippen LogP contribution in [0.4, 0.5) is 0 Å². The predicted octanol–water partition coefficient (Wildman–Crippen LogP) is 5.10. The molecule has 2 heterocycles. The van der Waals surface area contributed by atoms with Gasteiger partial charge in [0.15, 0.2) is 0 Å². The summed E-state index contributed by atoms with van der Waals surface area (Å²) in [5.41, 5.74) is 3.52. The lowest BCUT2D eigenvalue weighted by atomic mass is 9.74. The van der Waals surface area contributed by atoms with Gasteiger partial charge in [0, 0.05) is 22.4 Å². The number of carboxylic acids is 1. The van der Waals surface area contributed by atoms with Gasteiger partial charge in [0.1, 0.15) is 5.75 Å². The molecule has 4 nitrogen and oxygen atoms in total. The van der Waals surface area contributed by atoms with Gasteiger partial charge in [-0.25, -0.2) is 0 Å². The van der Waals surface area contributed by atoms with Gasteiger partial charge < -0.3 is 14.7 Å². The fourth-order valence-corrected chi connectivity index (χ4v) is 4.56. The van der Waals surface area contributed by atoms with E-state index in [4.69, 9.17) is 21.4 Å². The summed E-state index contributed by atoms with van der Waals surface area (Å²) in [6.45, 7) is 3.60. The lowest BCUT2D eigenvalue weighted by molar-refractivity contribution is -0.137. The van der Waals surface area contributed by atoms with E-state index in [9.17, 15) is 4.79 Å². The second-order valence-electron chi connectivity index (χ2n) is 8.02. The number of hydrogen-bond acceptors (Lipinski definition) is 3. The molecule has 29 heavy (non-hydrogen) atoms. The quantitative estimate of drug-likeness (QED) is 0.672. The van der Waals surface area contributed by atoms with Crippen LogP contribution in [0.2, 0.25) is 5.02 Å². The van der Waals surface area contributed by atoms with Gasteiger partial charge >= 0.3 is 5.97 Å². The number of rotatable bonds is 6. The molecule has 0 aliphatic carbocycles. The molecule has 0 saturated carbocycles. The Morgan fingerprint density at radius 3 is 2.72 bits per heavy atom. The van der Waals surface area contributed by atoms with Crippen LogP contribution >= 0.6 is 11.6 Å². The van der Waals surface area contributed by atoms with Gasteiger partial charge in [0.05, 0.1) is 6.61 Å². The van der Waals surface area contributed by atoms with E-state index in [1.165, 1.54) is 5.56 Å². The zero-order valence-electron chi connectivity index (χ0n) is 16.4. The molecule has 0 bridgehead atoms. The van der Waals surface area contributed by atoms with Gasteiger partial charge in [-0.15, -0.1) is 0 Å². The molecule has 1 spiro atoms. The first-order valence-corrected chi connectivity index (χ1v) is 10.6. The van der Waals surface area contributed by atoms with Crippen molar-refractivity contribution in [2.24, 2.45) is 0 Å². The minimum atomic E-state index is -0.712. The molecule has 5 heteroatoms. The van der Waals surface area contributed by atoms with E-state index in [1.54, 1.807) is 0 Å². The van der Waals surface area contributed by atoms with E-state index < -0.39 is 5.97 Å². The molecule has 2 aromatic rings. The maximum absolute atomic E-state index is 10.7. The number of fused-ring (bicyclic) bond motifs is 2. The highest BCUT2D eigenvalue weighted by Crippen LogP contribution is 2.46. The van der Waals surface area contributed by atoms with Crippen LogP contribution in [0.3, 0.4) is 0 Å². The third kappa shape index (κ3) is 4.49. The van der Waals surface area contributed by atoms with Gasteiger partial charge in [0.2, 0.25) is 0 Å². The van der Waals surface area contributed by atoms with Crippen molar-refractivity contribution < 1.29 is 14.6 Å². The molecule has 1 saturated heterocycles. The molecular weight excluding hydrogens is 386 g/mol. The van der Waals surface area contributed by atoms with Crippen molar-refractivity contribution in [2.75, 3.05) is 26.2 Å². The Balaban J connectivity index is 1.41. The zero-order chi connectivity index (χ0) is 20.3. The van der Waals surface area contributed by atoms with Crippen LogP contribution in [0.15, 0.2) is 42.5 Å². The van der Waals surface area contributed by atoms with Crippen LogP contribution in [-0.2, 0) is 10.2 Å². The van der Waals surface area contributed by atoms with Crippen molar-refractivity contribution in [3.8, 4) is 5.75 Å². The standard InChI is InChI=1S/C24H26ClNO3/c25-21-5-2-1-4-19(21)9-7-18-8-10-20-22(16-18)29-17-24(20)11-14-26(15-12-24)13-3-6-23(27)28/h1-2,4-5,7-10,16H,3,6,11-15,17H2,(H,27,28)/b9-7+. The summed E-state index contributed by atoms with van der Waals surface area (Å²) in [4.78, 5) is 13.1. The number of ether oxygens (including phenoxy) is 1. The number of halogens is 1. The van der Waals surface area contributed by atoms with Crippen LogP contribution < -0.4 is 4.74 Å². The summed E-state index contributed by atoms with van der Waals surface area (Å²) >= 11 is 6.23. The normalized spacial score (nSPS) is 18.1. The molecule has 2 aromatic carbocycles. The molecule has 2 aliphatic rings. The summed E-state index contributed by atoms with van der Waals surface area (Å²) in [6, 6.07) is 14.3. The minimum Gasteiger partial charge on any atom is -0.492 e. The van der Waals surface area contributed by atoms with E-state index in [-0.39, 0.29) is 11.8 Å². The molecule has 0 unspecified atom stereocenters. The monoisotopic (exact) mass is 411 g/mol. The van der Waals surface area contributed by atoms with Crippen LogP contribution in [0.1, 0.15) is 42.4 Å². The largest absolute Gasteiger partial charge is 0.492 e. The molecule has 4 rings (SSSR count). The lowest BCUT2D eigenvalue weighted by Crippen LogP contribution is -2.43. The van der Waals surface area contributed by atoms with E-state index in [0.717, 1.165) is 67.4 Å². The summed E-state index contributed by atoms with van der Waals surface area (Å²) < 4.78 is 6.10. The molecule has 0 aromatic heterocycles. The molecule has 0 radical (unpaired) electrons. The van der Waals surface area contributed by atoms with Gasteiger partial charge in [-0.05, 0) is 62.2 Å². The average molecular weight is 412 g/mol. The Hall–Kier alpha value is -2.30. The number of nitrogens with zero attached hydrogens (tertiary/aromatic N) is 1. The summed E-state index contributed by atoms with van der Waals surface area (Å²) in [7, 11) is 0. The Kier molecular flexibility index (Phi) is 5.93. The maximum Gasteiger partial charge on any atom is 0.303 e. The summed E-state index contributed by atoms with van der Waals surface area (Å²) in [5, 5.41) is 9.56. The Bertz CT molecular complexity index is 916. The molecule has 2 aliphatic heterocycles. The van der Waals surface area contributed by atoms with Crippen LogP contribution in [0, 0.1) is 0 Å². The van der Waals surface area contributed by atoms with Crippen LogP contribution in [0.5, 0.6) is 5.75 Å². The number of piperidine rings is 1. The molecular formula is C24H26ClNO3. The number of hydrogen-bond donors (Lipinski definition) is 1. The number of aliphatic carboxylic acids is 1. The van der Waals surface area contributed by atoms with Crippen molar-refractivity contribution in [3.05, 3.63) is 64.2 Å². The van der Waals surface area contributed by atoms with Gasteiger partial charge in [-0.1, -0.05) is 54.1 Å². The lowest BCUT2D eigenvalue weighted by Gasteiger charge is -2.38. The van der Waals surface area contributed by atoms with Gasteiger partial charge in [-0.2, -0.15) is 0 Å². The molecule has 0 atom stereocenters. The van der Waals surface area contributed by atoms with E-state index in [1.807, 2.05) is 30.3 Å². The Morgan fingerprint density at radius 2 is 1.97 bits per heavy atom. The maximum atomic E-state index is 10.7. The first kappa shape index (κ1) is 20.0. The molecule has 0 amide bonds. The van der Waals surface area contributed by atoms with E-state index in [2.05, 4.69) is 29.2 Å². The van der Waals surface area contributed by atoms with Crippen molar-refractivity contribution >= 4 is 29.7 Å². The van der Waals surface area contributed by atoms with Gasteiger partial charge in [0.25, 0.3) is 0 Å². The number of likely N-dealkylation sites (tertiary alicyclic amines) is 1. The Labute approximate surface area is 176 Å². The Morgan fingerprint density at radius 1 is 1.17 bits per heavy atom. The van der Waals surface area contributed by atoms with Gasteiger partial charge in [-0.3, -0.25) is 4.79 Å². The van der Waals surface area contributed by atoms with Crippen molar-refractivity contribution in [1.82, 2.24) is 4.90 Å². The number of carboxylic acid groups (broad SMARTS) is 1. The van der Waals surface area contributed by atoms with Crippen molar-refractivity contribution in [3.63, 3.8) is 0 Å². The number of carbonyl (C=O) groups is 1. The van der Waals surface area contributed by atoms with Crippen molar-refractivity contribution in [1.29, 1.82) is 0 Å². The minimum absolute atomic E-state index is 0.101. The van der Waals surface area contributed by atoms with Crippen LogP contribution in [0.25, 0.3) is 12.2 Å². The first-order chi connectivity index (χ1) is 14.1. The van der Waals surface area contributed by atoms with E-state index in [0.29, 0.717) is 0 Å². The topological polar surface area (TPSA) is 49.8 Å². The zero-order valence-corrected chi connectivity index (χ0v) is 17.2. The fraction of sp³-hybridized carbons (Fsp3) is 0.375. The SMILES string of the molecule is O=C(O)CCCN1CCC2(CC1)COc1cc(/C=C/c3ccccc3Cl)ccc12. The molecule has 152 valence electrons. The second kappa shape index (κ2) is 8.60.